The third kappa shape index (κ3) is 3.05. The molecule has 126 valence electrons. The molecule has 1 aliphatic rings. The second-order valence-corrected chi connectivity index (χ2v) is 7.35. The van der Waals surface area contributed by atoms with Crippen molar-refractivity contribution in [2.75, 3.05) is 4.90 Å². The van der Waals surface area contributed by atoms with E-state index >= 15 is 0 Å². The van der Waals surface area contributed by atoms with E-state index in [4.69, 9.17) is 11.6 Å². The van der Waals surface area contributed by atoms with Crippen molar-refractivity contribution in [3.05, 3.63) is 65.7 Å². The number of imidazole rings is 1. The Kier molecular flexibility index (Phi) is 4.27. The van der Waals surface area contributed by atoms with Crippen molar-refractivity contribution in [2.24, 2.45) is 0 Å². The number of hydrogen-bond donors (Lipinski definition) is 0. The number of aromatic nitrogens is 2. The van der Waals surface area contributed by atoms with E-state index in [-0.39, 0.29) is 5.91 Å². The van der Waals surface area contributed by atoms with Gasteiger partial charge in [0.15, 0.2) is 0 Å². The van der Waals surface area contributed by atoms with E-state index < -0.39 is 0 Å². The lowest BCUT2D eigenvalue weighted by molar-refractivity contribution is -0.118. The highest BCUT2D eigenvalue weighted by atomic mass is 35.5. The van der Waals surface area contributed by atoms with Gasteiger partial charge in [-0.25, -0.2) is 4.98 Å². The highest BCUT2D eigenvalue weighted by molar-refractivity contribution is 7.99. The van der Waals surface area contributed by atoms with Gasteiger partial charge in [-0.3, -0.25) is 9.69 Å². The van der Waals surface area contributed by atoms with Gasteiger partial charge in [0, 0.05) is 40.2 Å². The molecule has 3 aromatic rings. The summed E-state index contributed by atoms with van der Waals surface area (Å²) in [5, 5.41) is 0.627. The molecule has 0 bridgehead atoms. The Labute approximate surface area is 155 Å². The summed E-state index contributed by atoms with van der Waals surface area (Å²) < 4.78 is 1.99. The van der Waals surface area contributed by atoms with E-state index in [1.807, 2.05) is 60.2 Å². The van der Waals surface area contributed by atoms with Crippen LogP contribution in [0.15, 0.2) is 64.6 Å². The first-order chi connectivity index (χ1) is 12.1. The number of carbonyl (C=O) groups excluding carboxylic acids is 1. The Morgan fingerprint density at radius 3 is 2.76 bits per heavy atom. The normalized spacial score (nSPS) is 12.6. The van der Waals surface area contributed by atoms with Crippen molar-refractivity contribution in [3.8, 4) is 0 Å². The molecule has 0 unspecified atom stereocenters. The summed E-state index contributed by atoms with van der Waals surface area (Å²) >= 11 is 7.86. The van der Waals surface area contributed by atoms with Gasteiger partial charge in [0.25, 0.3) is 0 Å². The van der Waals surface area contributed by atoms with Crippen LogP contribution in [0.3, 0.4) is 0 Å². The van der Waals surface area contributed by atoms with Crippen molar-refractivity contribution < 1.29 is 4.79 Å². The topological polar surface area (TPSA) is 38.1 Å². The molecule has 4 rings (SSSR count). The summed E-state index contributed by atoms with van der Waals surface area (Å²) in [7, 11) is 0. The Morgan fingerprint density at radius 1 is 1.16 bits per heavy atom. The first-order valence-corrected chi connectivity index (χ1v) is 9.20. The molecule has 0 saturated heterocycles. The summed E-state index contributed by atoms with van der Waals surface area (Å²) in [5.41, 5.74) is 1.76. The van der Waals surface area contributed by atoms with Crippen LogP contribution in [0.25, 0.3) is 0 Å². The van der Waals surface area contributed by atoms with Crippen molar-refractivity contribution in [3.63, 3.8) is 0 Å². The van der Waals surface area contributed by atoms with Crippen LogP contribution in [0.4, 0.5) is 11.4 Å². The summed E-state index contributed by atoms with van der Waals surface area (Å²) in [6.07, 6.45) is 4.04. The zero-order valence-corrected chi connectivity index (χ0v) is 15.2. The van der Waals surface area contributed by atoms with E-state index in [9.17, 15) is 4.79 Å². The molecule has 1 amide bonds. The maximum atomic E-state index is 13.1. The van der Waals surface area contributed by atoms with E-state index in [0.29, 0.717) is 18.0 Å². The maximum absolute atomic E-state index is 13.1. The molecular formula is C19H16ClN3OS. The molecule has 0 N–H and O–H groups in total. The van der Waals surface area contributed by atoms with Gasteiger partial charge in [0.2, 0.25) is 5.91 Å². The van der Waals surface area contributed by atoms with Crippen LogP contribution in [0, 0.1) is 6.92 Å². The summed E-state index contributed by atoms with van der Waals surface area (Å²) in [6, 6.07) is 13.7. The molecule has 0 aliphatic carbocycles. The molecule has 0 fully saturated rings. The van der Waals surface area contributed by atoms with Gasteiger partial charge < -0.3 is 4.57 Å². The van der Waals surface area contributed by atoms with Gasteiger partial charge in [0.05, 0.1) is 11.4 Å². The monoisotopic (exact) mass is 369 g/mol. The fourth-order valence-electron chi connectivity index (χ4n) is 2.96. The molecule has 2 heterocycles. The largest absolute Gasteiger partial charge is 0.335 e. The lowest BCUT2D eigenvalue weighted by Crippen LogP contribution is -2.29. The minimum Gasteiger partial charge on any atom is -0.335 e. The number of amides is 1. The quantitative estimate of drug-likeness (QED) is 0.647. The summed E-state index contributed by atoms with van der Waals surface area (Å²) in [4.78, 5) is 21.2. The zero-order valence-electron chi connectivity index (χ0n) is 13.6. The Bertz CT molecular complexity index is 953. The maximum Gasteiger partial charge on any atom is 0.233 e. The average Bonchev–Trinajstić information content (AvgIpc) is 3.02. The zero-order chi connectivity index (χ0) is 17.4. The number of rotatable bonds is 3. The number of para-hydroxylation sites is 1. The molecule has 6 heteroatoms. The van der Waals surface area contributed by atoms with Gasteiger partial charge in [-0.05, 0) is 37.3 Å². The van der Waals surface area contributed by atoms with Crippen molar-refractivity contribution in [1.29, 1.82) is 0 Å². The van der Waals surface area contributed by atoms with E-state index in [1.54, 1.807) is 22.9 Å². The van der Waals surface area contributed by atoms with Crippen molar-refractivity contribution in [2.45, 2.75) is 29.7 Å². The summed E-state index contributed by atoms with van der Waals surface area (Å²) in [5.74, 6) is 0.954. The molecule has 0 saturated carbocycles. The number of hydrogen-bond acceptors (Lipinski definition) is 3. The van der Waals surface area contributed by atoms with Crippen LogP contribution in [-0.2, 0) is 11.3 Å². The van der Waals surface area contributed by atoms with Crippen LogP contribution in [0.2, 0.25) is 5.02 Å². The number of halogens is 1. The van der Waals surface area contributed by atoms with Gasteiger partial charge in [-0.15, -0.1) is 0 Å². The standard InChI is InChI=1S/C19H16ClN3OS/c1-13-21-9-11-22(13)10-8-19(24)23-15-4-2-3-5-17(15)25-18-7-6-14(20)12-16(18)23/h2-7,9,11-12H,8,10H2,1H3. The molecule has 1 aromatic heterocycles. The van der Waals surface area contributed by atoms with E-state index in [0.717, 1.165) is 27.0 Å². The molecule has 4 nitrogen and oxygen atoms in total. The van der Waals surface area contributed by atoms with Crippen LogP contribution >= 0.6 is 23.4 Å². The lowest BCUT2D eigenvalue weighted by atomic mass is 10.2. The summed E-state index contributed by atoms with van der Waals surface area (Å²) in [6.45, 7) is 2.54. The lowest BCUT2D eigenvalue weighted by Gasteiger charge is -2.31. The molecule has 25 heavy (non-hydrogen) atoms. The van der Waals surface area contributed by atoms with Gasteiger partial charge in [0.1, 0.15) is 5.82 Å². The average molecular weight is 370 g/mol. The highest BCUT2D eigenvalue weighted by Crippen LogP contribution is 2.48. The predicted octanol–water partition coefficient (Wildman–Crippen LogP) is 5.06. The van der Waals surface area contributed by atoms with Crippen LogP contribution < -0.4 is 4.90 Å². The number of fused-ring (bicyclic) bond motifs is 2. The first-order valence-electron chi connectivity index (χ1n) is 8.00. The minimum absolute atomic E-state index is 0.0457. The van der Waals surface area contributed by atoms with Crippen LogP contribution in [0.5, 0.6) is 0 Å². The van der Waals surface area contributed by atoms with Gasteiger partial charge in [-0.1, -0.05) is 35.5 Å². The Hall–Kier alpha value is -2.24. The second kappa shape index (κ2) is 6.58. The Morgan fingerprint density at radius 2 is 1.96 bits per heavy atom. The van der Waals surface area contributed by atoms with Crippen molar-refractivity contribution >= 4 is 40.6 Å². The fourth-order valence-corrected chi connectivity index (χ4v) is 4.17. The molecular weight excluding hydrogens is 354 g/mol. The molecule has 1 aliphatic heterocycles. The fraction of sp³-hybridized carbons (Fsp3) is 0.158. The van der Waals surface area contributed by atoms with E-state index in [2.05, 4.69) is 4.98 Å². The van der Waals surface area contributed by atoms with E-state index in [1.165, 1.54) is 0 Å². The molecule has 2 aromatic carbocycles. The first kappa shape index (κ1) is 16.2. The SMILES string of the molecule is Cc1nccn1CCC(=O)N1c2ccccc2Sc2ccc(Cl)cc21. The highest BCUT2D eigenvalue weighted by Gasteiger charge is 2.28. The predicted molar refractivity (Wildman–Crippen MR) is 101 cm³/mol. The van der Waals surface area contributed by atoms with Crippen LogP contribution in [0.1, 0.15) is 12.2 Å². The number of nitrogens with zero attached hydrogens (tertiary/aromatic N) is 3. The van der Waals surface area contributed by atoms with Crippen LogP contribution in [-0.4, -0.2) is 15.5 Å². The van der Waals surface area contributed by atoms with Gasteiger partial charge >= 0.3 is 0 Å². The van der Waals surface area contributed by atoms with Gasteiger partial charge in [-0.2, -0.15) is 0 Å². The minimum atomic E-state index is 0.0457. The smallest absolute Gasteiger partial charge is 0.233 e. The Balaban J connectivity index is 1.69. The molecule has 0 radical (unpaired) electrons. The van der Waals surface area contributed by atoms with Crippen molar-refractivity contribution in [1.82, 2.24) is 9.55 Å². The third-order valence-electron chi connectivity index (χ3n) is 4.23. The second-order valence-electron chi connectivity index (χ2n) is 5.83. The number of carbonyl (C=O) groups is 1. The molecule has 0 atom stereocenters. The number of aryl methyl sites for hydroxylation is 2. The third-order valence-corrected chi connectivity index (χ3v) is 5.59. The molecule has 0 spiro atoms. The number of anilines is 2. The number of benzene rings is 2.